The van der Waals surface area contributed by atoms with E-state index in [9.17, 15) is 9.18 Å². The highest BCUT2D eigenvalue weighted by atomic mass is 19.1. The van der Waals surface area contributed by atoms with Crippen molar-refractivity contribution in [2.24, 2.45) is 0 Å². The Morgan fingerprint density at radius 2 is 2.27 bits per heavy atom. The Balaban J connectivity index is 2.69. The van der Waals surface area contributed by atoms with Crippen molar-refractivity contribution in [3.05, 3.63) is 39.9 Å². The largest absolute Gasteiger partial charge is 0.396 e. The van der Waals surface area contributed by atoms with Gasteiger partial charge in [-0.3, -0.25) is 9.89 Å². The molecule has 15 heavy (non-hydrogen) atoms. The number of H-pyrrole nitrogens is 1. The van der Waals surface area contributed by atoms with Gasteiger partial charge < -0.3 is 5.11 Å². The number of benzene rings is 1. The zero-order valence-corrected chi connectivity index (χ0v) is 7.83. The van der Waals surface area contributed by atoms with Crippen LogP contribution in [-0.2, 0) is 6.42 Å². The van der Waals surface area contributed by atoms with Crippen LogP contribution in [0.5, 0.6) is 0 Å². The second kappa shape index (κ2) is 3.78. The maximum Gasteiger partial charge on any atom is 0.211 e. The van der Waals surface area contributed by atoms with Gasteiger partial charge in [-0.05, 0) is 18.2 Å². The predicted octanol–water partition coefficient (Wildman–Crippen LogP) is 0.597. The van der Waals surface area contributed by atoms with Crippen molar-refractivity contribution in [3.8, 4) is 0 Å². The first-order valence-electron chi connectivity index (χ1n) is 4.50. The molecular weight excluding hydrogens is 199 g/mol. The van der Waals surface area contributed by atoms with Crippen LogP contribution in [0.4, 0.5) is 4.39 Å². The van der Waals surface area contributed by atoms with Gasteiger partial charge in [0, 0.05) is 18.4 Å². The van der Waals surface area contributed by atoms with Crippen LogP contribution < -0.4 is 5.43 Å². The molecule has 0 fully saturated rings. The van der Waals surface area contributed by atoms with Crippen molar-refractivity contribution >= 4 is 10.9 Å². The van der Waals surface area contributed by atoms with Gasteiger partial charge in [0.1, 0.15) is 11.5 Å². The number of rotatable bonds is 2. The van der Waals surface area contributed by atoms with Crippen molar-refractivity contribution in [1.82, 2.24) is 10.2 Å². The molecule has 0 saturated carbocycles. The fraction of sp³-hybridized carbons (Fsp3) is 0.200. The second-order valence-electron chi connectivity index (χ2n) is 3.16. The highest BCUT2D eigenvalue weighted by Crippen LogP contribution is 2.08. The van der Waals surface area contributed by atoms with Crippen LogP contribution in [0.25, 0.3) is 10.9 Å². The number of hydrogen-bond donors (Lipinski definition) is 2. The van der Waals surface area contributed by atoms with Crippen LogP contribution in [0.3, 0.4) is 0 Å². The van der Waals surface area contributed by atoms with Crippen LogP contribution in [0.2, 0.25) is 0 Å². The van der Waals surface area contributed by atoms with E-state index < -0.39 is 5.82 Å². The van der Waals surface area contributed by atoms with Gasteiger partial charge in [-0.25, -0.2) is 4.39 Å². The van der Waals surface area contributed by atoms with Gasteiger partial charge in [0.25, 0.3) is 0 Å². The number of fused-ring (bicyclic) bond motifs is 1. The van der Waals surface area contributed by atoms with Crippen molar-refractivity contribution in [2.75, 3.05) is 6.61 Å². The first-order valence-corrected chi connectivity index (χ1v) is 4.50. The number of nitrogens with zero attached hydrogens (tertiary/aromatic N) is 1. The summed E-state index contributed by atoms with van der Waals surface area (Å²) in [7, 11) is 0. The summed E-state index contributed by atoms with van der Waals surface area (Å²) in [6.45, 7) is -0.136. The molecule has 1 aromatic carbocycles. The molecule has 2 aromatic rings. The van der Waals surface area contributed by atoms with Gasteiger partial charge in [0.2, 0.25) is 5.43 Å². The van der Waals surface area contributed by atoms with Crippen LogP contribution >= 0.6 is 0 Å². The van der Waals surface area contributed by atoms with Gasteiger partial charge in [0.15, 0.2) is 0 Å². The highest BCUT2D eigenvalue weighted by molar-refractivity contribution is 5.77. The highest BCUT2D eigenvalue weighted by Gasteiger charge is 2.06. The molecule has 0 bridgehead atoms. The maximum absolute atomic E-state index is 12.8. The third kappa shape index (κ3) is 1.73. The SMILES string of the molecule is O=c1c(CCO)n[nH]c2cc(F)ccc12. The monoisotopic (exact) mass is 208 g/mol. The Hall–Kier alpha value is -1.75. The van der Waals surface area contributed by atoms with Crippen molar-refractivity contribution in [2.45, 2.75) is 6.42 Å². The normalized spacial score (nSPS) is 10.8. The fourth-order valence-corrected chi connectivity index (χ4v) is 1.42. The molecule has 0 radical (unpaired) electrons. The van der Waals surface area contributed by atoms with Gasteiger partial charge in [-0.1, -0.05) is 0 Å². The molecular formula is C10H9FN2O2. The lowest BCUT2D eigenvalue weighted by atomic mass is 10.2. The van der Waals surface area contributed by atoms with Crippen molar-refractivity contribution in [1.29, 1.82) is 0 Å². The Labute approximate surface area is 84.4 Å². The molecule has 1 aromatic heterocycles. The Kier molecular flexibility index (Phi) is 2.47. The van der Waals surface area contributed by atoms with Crippen LogP contribution in [0.15, 0.2) is 23.0 Å². The summed E-state index contributed by atoms with van der Waals surface area (Å²) in [5, 5.41) is 15.4. The fourth-order valence-electron chi connectivity index (χ4n) is 1.42. The zero-order chi connectivity index (χ0) is 10.8. The van der Waals surface area contributed by atoms with E-state index in [4.69, 9.17) is 5.11 Å². The standard InChI is InChI=1S/C10H9FN2O2/c11-6-1-2-7-9(5-6)13-12-8(3-4-14)10(7)15/h1-2,5,14H,3-4H2,(H,13,15). The van der Waals surface area contributed by atoms with E-state index in [1.54, 1.807) is 0 Å². The van der Waals surface area contributed by atoms with Gasteiger partial charge >= 0.3 is 0 Å². The zero-order valence-electron chi connectivity index (χ0n) is 7.83. The number of aromatic nitrogens is 2. The van der Waals surface area contributed by atoms with E-state index >= 15 is 0 Å². The molecule has 0 unspecified atom stereocenters. The average molecular weight is 208 g/mol. The molecule has 2 rings (SSSR count). The number of halogens is 1. The summed E-state index contributed by atoms with van der Waals surface area (Å²) in [6, 6.07) is 3.85. The van der Waals surface area contributed by atoms with E-state index in [2.05, 4.69) is 10.2 Å². The summed E-state index contributed by atoms with van der Waals surface area (Å²) < 4.78 is 12.8. The van der Waals surface area contributed by atoms with E-state index in [0.29, 0.717) is 10.9 Å². The van der Waals surface area contributed by atoms with Gasteiger partial charge in [-0.15, -0.1) is 0 Å². The molecule has 0 aliphatic heterocycles. The summed E-state index contributed by atoms with van der Waals surface area (Å²) in [5.41, 5.74) is 0.357. The number of hydrogen-bond acceptors (Lipinski definition) is 3. The summed E-state index contributed by atoms with van der Waals surface area (Å²) >= 11 is 0. The minimum Gasteiger partial charge on any atom is -0.396 e. The third-order valence-corrected chi connectivity index (χ3v) is 2.15. The predicted molar refractivity (Wildman–Crippen MR) is 53.1 cm³/mol. The topological polar surface area (TPSA) is 66.0 Å². The smallest absolute Gasteiger partial charge is 0.211 e. The Morgan fingerprint density at radius 3 is 3.00 bits per heavy atom. The summed E-state index contributed by atoms with van der Waals surface area (Å²) in [5.74, 6) is -0.421. The first-order chi connectivity index (χ1) is 7.22. The molecule has 5 heteroatoms. The molecule has 1 heterocycles. The second-order valence-corrected chi connectivity index (χ2v) is 3.16. The molecule has 4 nitrogen and oxygen atoms in total. The third-order valence-electron chi connectivity index (χ3n) is 2.15. The van der Waals surface area contributed by atoms with Gasteiger partial charge in [-0.2, -0.15) is 5.10 Å². The Morgan fingerprint density at radius 1 is 1.47 bits per heavy atom. The molecule has 0 aliphatic rings. The van der Waals surface area contributed by atoms with Crippen LogP contribution in [0, 0.1) is 5.82 Å². The molecule has 0 aliphatic carbocycles. The number of aliphatic hydroxyl groups excluding tert-OH is 1. The lowest BCUT2D eigenvalue weighted by Gasteiger charge is -2.00. The summed E-state index contributed by atoms with van der Waals surface area (Å²) in [4.78, 5) is 11.7. The lowest BCUT2D eigenvalue weighted by Crippen LogP contribution is -2.14. The van der Waals surface area contributed by atoms with E-state index in [0.717, 1.165) is 0 Å². The van der Waals surface area contributed by atoms with Crippen molar-refractivity contribution in [3.63, 3.8) is 0 Å². The first kappa shape index (κ1) is 9.79. The molecule has 0 saturated heterocycles. The molecule has 78 valence electrons. The quantitative estimate of drug-likeness (QED) is 0.759. The minimum absolute atomic E-state index is 0.136. The number of aliphatic hydroxyl groups is 1. The van der Waals surface area contributed by atoms with Crippen LogP contribution in [0.1, 0.15) is 5.69 Å². The molecule has 0 amide bonds. The maximum atomic E-state index is 12.8. The Bertz CT molecular complexity index is 551. The molecule has 0 spiro atoms. The van der Waals surface area contributed by atoms with E-state index in [1.807, 2.05) is 0 Å². The number of nitrogens with one attached hydrogen (secondary N) is 1. The average Bonchev–Trinajstić information content (AvgIpc) is 2.22. The molecule has 2 N–H and O–H groups in total. The summed E-state index contributed by atoms with van der Waals surface area (Å²) in [6.07, 6.45) is 0.197. The minimum atomic E-state index is -0.421. The van der Waals surface area contributed by atoms with Crippen molar-refractivity contribution < 1.29 is 9.50 Å². The number of aromatic amines is 1. The van der Waals surface area contributed by atoms with E-state index in [1.165, 1.54) is 18.2 Å². The van der Waals surface area contributed by atoms with Crippen LogP contribution in [-0.4, -0.2) is 21.9 Å². The molecule has 0 atom stereocenters. The van der Waals surface area contributed by atoms with E-state index in [-0.39, 0.29) is 24.2 Å². The van der Waals surface area contributed by atoms with Gasteiger partial charge in [0.05, 0.1) is 5.52 Å². The lowest BCUT2D eigenvalue weighted by molar-refractivity contribution is 0.297.